The molecule has 0 radical (unpaired) electrons. The van der Waals surface area contributed by atoms with E-state index >= 15 is 0 Å². The molecule has 0 amide bonds. The summed E-state index contributed by atoms with van der Waals surface area (Å²) >= 11 is 0. The third-order valence-corrected chi connectivity index (χ3v) is 3.43. The Morgan fingerprint density at radius 3 is 2.64 bits per heavy atom. The van der Waals surface area contributed by atoms with Gasteiger partial charge >= 0.3 is 0 Å². The third-order valence-electron chi connectivity index (χ3n) is 3.43. The number of rotatable bonds is 0. The van der Waals surface area contributed by atoms with Gasteiger partial charge in [-0.05, 0) is 26.3 Å². The van der Waals surface area contributed by atoms with Gasteiger partial charge in [-0.1, -0.05) is 6.42 Å². The minimum absolute atomic E-state index is 0.00699. The number of likely N-dealkylation sites (tertiary alicyclic amines) is 1. The van der Waals surface area contributed by atoms with E-state index in [0.717, 1.165) is 19.5 Å². The standard InChI is InChI=1S/C9H17NO/c1-10-6-3-8(11)9(7-10)4-2-5-9/h8,11H,2-7H2,1H3. The van der Waals surface area contributed by atoms with Crippen LogP contribution in [0.15, 0.2) is 0 Å². The lowest BCUT2D eigenvalue weighted by Crippen LogP contribution is -2.54. The predicted octanol–water partition coefficient (Wildman–Crippen LogP) is 0.853. The highest BCUT2D eigenvalue weighted by atomic mass is 16.3. The molecule has 1 atom stereocenters. The van der Waals surface area contributed by atoms with Crippen LogP contribution in [0.3, 0.4) is 0 Å². The molecule has 2 fully saturated rings. The van der Waals surface area contributed by atoms with E-state index in [4.69, 9.17) is 0 Å². The summed E-state index contributed by atoms with van der Waals surface area (Å²) < 4.78 is 0. The van der Waals surface area contributed by atoms with Gasteiger partial charge in [0.1, 0.15) is 0 Å². The summed E-state index contributed by atoms with van der Waals surface area (Å²) in [5.74, 6) is 0. The summed E-state index contributed by atoms with van der Waals surface area (Å²) in [6.45, 7) is 2.19. The monoisotopic (exact) mass is 155 g/mol. The number of aliphatic hydroxyl groups is 1. The molecule has 1 saturated heterocycles. The van der Waals surface area contributed by atoms with Crippen LogP contribution in [0.4, 0.5) is 0 Å². The van der Waals surface area contributed by atoms with E-state index in [1.807, 2.05) is 0 Å². The van der Waals surface area contributed by atoms with Crippen molar-refractivity contribution in [3.63, 3.8) is 0 Å². The summed E-state index contributed by atoms with van der Waals surface area (Å²) in [6.07, 6.45) is 4.80. The fourth-order valence-electron chi connectivity index (χ4n) is 2.49. The third kappa shape index (κ3) is 1.09. The second-order valence-electron chi connectivity index (χ2n) is 4.26. The van der Waals surface area contributed by atoms with Crippen molar-refractivity contribution in [3.05, 3.63) is 0 Å². The van der Waals surface area contributed by atoms with E-state index in [1.165, 1.54) is 19.3 Å². The van der Waals surface area contributed by atoms with Crippen LogP contribution in [0.1, 0.15) is 25.7 Å². The minimum atomic E-state index is -0.00699. The number of aliphatic hydroxyl groups excluding tert-OH is 1. The van der Waals surface area contributed by atoms with Crippen molar-refractivity contribution in [1.29, 1.82) is 0 Å². The summed E-state index contributed by atoms with van der Waals surface area (Å²) in [5, 5.41) is 9.77. The Balaban J connectivity index is 2.04. The van der Waals surface area contributed by atoms with Gasteiger partial charge in [0, 0.05) is 18.5 Å². The summed E-state index contributed by atoms with van der Waals surface area (Å²) in [6, 6.07) is 0. The molecule has 2 aliphatic rings. The maximum atomic E-state index is 9.77. The molecule has 1 aliphatic heterocycles. The quantitative estimate of drug-likeness (QED) is 0.560. The molecule has 64 valence electrons. The van der Waals surface area contributed by atoms with Crippen molar-refractivity contribution in [2.45, 2.75) is 31.8 Å². The Morgan fingerprint density at radius 1 is 1.45 bits per heavy atom. The largest absolute Gasteiger partial charge is 0.392 e. The molecule has 1 saturated carbocycles. The van der Waals surface area contributed by atoms with Crippen molar-refractivity contribution in [2.75, 3.05) is 20.1 Å². The second-order valence-corrected chi connectivity index (χ2v) is 4.26. The Kier molecular flexibility index (Phi) is 1.69. The van der Waals surface area contributed by atoms with Crippen LogP contribution in [0.25, 0.3) is 0 Å². The first kappa shape index (κ1) is 7.56. The van der Waals surface area contributed by atoms with Crippen molar-refractivity contribution in [1.82, 2.24) is 4.90 Å². The Bertz CT molecular complexity index is 154. The Labute approximate surface area is 68.2 Å². The van der Waals surface area contributed by atoms with E-state index in [0.29, 0.717) is 5.41 Å². The first-order valence-corrected chi connectivity index (χ1v) is 4.60. The molecule has 0 aromatic heterocycles. The zero-order valence-corrected chi connectivity index (χ0v) is 7.21. The van der Waals surface area contributed by atoms with Gasteiger partial charge in [0.05, 0.1) is 6.10 Å². The second kappa shape index (κ2) is 2.46. The number of nitrogens with zero attached hydrogens (tertiary/aromatic N) is 1. The molecule has 2 nitrogen and oxygen atoms in total. The van der Waals surface area contributed by atoms with Gasteiger partial charge in [-0.2, -0.15) is 0 Å². The molecular formula is C9H17NO. The molecule has 11 heavy (non-hydrogen) atoms. The van der Waals surface area contributed by atoms with Crippen molar-refractivity contribution in [3.8, 4) is 0 Å². The minimum Gasteiger partial charge on any atom is -0.392 e. The van der Waals surface area contributed by atoms with E-state index in [-0.39, 0.29) is 6.10 Å². The Hall–Kier alpha value is -0.0800. The normalized spacial score (nSPS) is 37.1. The summed E-state index contributed by atoms with van der Waals surface area (Å²) in [7, 11) is 2.16. The van der Waals surface area contributed by atoms with E-state index in [2.05, 4.69) is 11.9 Å². The van der Waals surface area contributed by atoms with Gasteiger partial charge in [0.2, 0.25) is 0 Å². The van der Waals surface area contributed by atoms with E-state index in [9.17, 15) is 5.11 Å². The van der Waals surface area contributed by atoms with Crippen molar-refractivity contribution in [2.24, 2.45) is 5.41 Å². The first-order chi connectivity index (χ1) is 5.23. The predicted molar refractivity (Wildman–Crippen MR) is 44.4 cm³/mol. The summed E-state index contributed by atoms with van der Waals surface area (Å²) in [4.78, 5) is 2.35. The van der Waals surface area contributed by atoms with Gasteiger partial charge in [0.15, 0.2) is 0 Å². The highest BCUT2D eigenvalue weighted by Gasteiger charge is 2.45. The molecule has 1 heterocycles. The SMILES string of the molecule is CN1CCC(O)C2(CCC2)C1. The molecule has 1 aliphatic carbocycles. The van der Waals surface area contributed by atoms with Crippen LogP contribution in [0.2, 0.25) is 0 Å². The molecule has 1 unspecified atom stereocenters. The molecule has 1 N–H and O–H groups in total. The molecule has 0 aromatic rings. The highest BCUT2D eigenvalue weighted by Crippen LogP contribution is 2.47. The molecule has 0 aromatic carbocycles. The van der Waals surface area contributed by atoms with Crippen LogP contribution in [0.5, 0.6) is 0 Å². The maximum Gasteiger partial charge on any atom is 0.0620 e. The maximum absolute atomic E-state index is 9.77. The highest BCUT2D eigenvalue weighted by molar-refractivity contribution is 4.98. The lowest BCUT2D eigenvalue weighted by molar-refractivity contribution is -0.0863. The molecule has 1 spiro atoms. The number of piperidine rings is 1. The summed E-state index contributed by atoms with van der Waals surface area (Å²) in [5.41, 5.74) is 0.312. The van der Waals surface area contributed by atoms with Gasteiger partial charge in [-0.25, -0.2) is 0 Å². The Morgan fingerprint density at radius 2 is 2.18 bits per heavy atom. The van der Waals surface area contributed by atoms with E-state index in [1.54, 1.807) is 0 Å². The van der Waals surface area contributed by atoms with Crippen LogP contribution in [0, 0.1) is 5.41 Å². The zero-order chi connectivity index (χ0) is 7.90. The fourth-order valence-corrected chi connectivity index (χ4v) is 2.49. The molecular weight excluding hydrogens is 138 g/mol. The van der Waals surface area contributed by atoms with Crippen LogP contribution in [-0.2, 0) is 0 Å². The topological polar surface area (TPSA) is 23.5 Å². The van der Waals surface area contributed by atoms with Gasteiger partial charge < -0.3 is 10.0 Å². The number of hydrogen-bond acceptors (Lipinski definition) is 2. The molecule has 2 heteroatoms. The molecule has 0 bridgehead atoms. The van der Waals surface area contributed by atoms with E-state index < -0.39 is 0 Å². The first-order valence-electron chi connectivity index (χ1n) is 4.60. The van der Waals surface area contributed by atoms with Crippen LogP contribution >= 0.6 is 0 Å². The smallest absolute Gasteiger partial charge is 0.0620 e. The average Bonchev–Trinajstić information content (AvgIpc) is 1.91. The molecule has 2 rings (SSSR count). The van der Waals surface area contributed by atoms with Crippen molar-refractivity contribution >= 4 is 0 Å². The van der Waals surface area contributed by atoms with Gasteiger partial charge in [0.25, 0.3) is 0 Å². The van der Waals surface area contributed by atoms with Gasteiger partial charge in [-0.3, -0.25) is 0 Å². The van der Waals surface area contributed by atoms with Gasteiger partial charge in [-0.15, -0.1) is 0 Å². The van der Waals surface area contributed by atoms with Crippen molar-refractivity contribution < 1.29 is 5.11 Å². The lowest BCUT2D eigenvalue weighted by atomic mass is 9.63. The lowest BCUT2D eigenvalue weighted by Gasteiger charge is -2.51. The average molecular weight is 155 g/mol. The zero-order valence-electron chi connectivity index (χ0n) is 7.21. The van der Waals surface area contributed by atoms with Crippen LogP contribution < -0.4 is 0 Å². The number of hydrogen-bond donors (Lipinski definition) is 1. The fraction of sp³-hybridized carbons (Fsp3) is 1.00. The van der Waals surface area contributed by atoms with Crippen LogP contribution in [-0.4, -0.2) is 36.2 Å².